The minimum Gasteiger partial charge on any atom is -0.355 e. The SMILES string of the molecule is CC(=O)c1[nH]c(C)c(C(=O)N[C@H]2CCCNC(=O)CN(C)C(=O)[C@H](Cc3ccccc3)NC(=O)[C@@H](C)NC(=O)[C@@H](C(C)C)NC2=O)c1C. The first-order valence-corrected chi connectivity index (χ1v) is 16.1. The van der Waals surface area contributed by atoms with Crippen molar-refractivity contribution >= 4 is 41.2 Å². The number of nitrogens with zero attached hydrogens (tertiary/aromatic N) is 1. The summed E-state index contributed by atoms with van der Waals surface area (Å²) >= 11 is 0. The smallest absolute Gasteiger partial charge is 0.254 e. The van der Waals surface area contributed by atoms with E-state index in [-0.39, 0.29) is 43.7 Å². The van der Waals surface area contributed by atoms with E-state index in [1.807, 2.05) is 30.3 Å². The summed E-state index contributed by atoms with van der Waals surface area (Å²) in [5.74, 6) is -4.04. The lowest BCUT2D eigenvalue weighted by molar-refractivity contribution is -0.139. The topological polar surface area (TPSA) is 199 Å². The van der Waals surface area contributed by atoms with Crippen molar-refractivity contribution in [2.75, 3.05) is 20.1 Å². The first-order chi connectivity index (χ1) is 22.6. The highest BCUT2D eigenvalue weighted by Gasteiger charge is 2.33. The Kier molecular flexibility index (Phi) is 13.0. The first kappa shape index (κ1) is 37.4. The Labute approximate surface area is 280 Å². The number of hydrogen-bond acceptors (Lipinski definition) is 7. The molecule has 1 aromatic heterocycles. The Morgan fingerprint density at radius 1 is 0.958 bits per heavy atom. The summed E-state index contributed by atoms with van der Waals surface area (Å²) in [6.45, 7) is 9.43. The van der Waals surface area contributed by atoms with E-state index in [4.69, 9.17) is 0 Å². The molecule has 0 aliphatic carbocycles. The van der Waals surface area contributed by atoms with Gasteiger partial charge in [0.2, 0.25) is 29.5 Å². The average Bonchev–Trinajstić information content (AvgIpc) is 3.33. The molecule has 1 aliphatic heterocycles. The molecule has 2 aromatic rings. The number of aromatic amines is 1. The largest absolute Gasteiger partial charge is 0.355 e. The predicted octanol–water partition coefficient (Wildman–Crippen LogP) is 0.674. The third-order valence-electron chi connectivity index (χ3n) is 8.28. The van der Waals surface area contributed by atoms with E-state index in [9.17, 15) is 33.6 Å². The summed E-state index contributed by atoms with van der Waals surface area (Å²) in [6, 6.07) is 4.81. The van der Waals surface area contributed by atoms with Crippen molar-refractivity contribution in [3.05, 3.63) is 58.4 Å². The molecule has 6 N–H and O–H groups in total. The van der Waals surface area contributed by atoms with Crippen LogP contribution in [0.1, 0.15) is 78.2 Å². The molecule has 1 aliphatic rings. The molecule has 0 saturated carbocycles. The van der Waals surface area contributed by atoms with E-state index < -0.39 is 65.5 Å². The zero-order chi connectivity index (χ0) is 35.7. The number of H-pyrrole nitrogens is 1. The molecule has 3 rings (SSSR count). The summed E-state index contributed by atoms with van der Waals surface area (Å²) in [4.78, 5) is 96.2. The van der Waals surface area contributed by atoms with Crippen LogP contribution in [0.5, 0.6) is 0 Å². The van der Waals surface area contributed by atoms with E-state index >= 15 is 0 Å². The fourth-order valence-electron chi connectivity index (χ4n) is 5.60. The van der Waals surface area contributed by atoms with Crippen LogP contribution in [0.2, 0.25) is 0 Å². The summed E-state index contributed by atoms with van der Waals surface area (Å²) < 4.78 is 0. The maximum absolute atomic E-state index is 13.6. The molecule has 14 nitrogen and oxygen atoms in total. The van der Waals surface area contributed by atoms with Crippen LogP contribution in [0.25, 0.3) is 0 Å². The Bertz CT molecular complexity index is 1540. The molecule has 14 heteroatoms. The minimum absolute atomic E-state index is 0.0963. The van der Waals surface area contributed by atoms with Gasteiger partial charge in [-0.3, -0.25) is 33.6 Å². The lowest BCUT2D eigenvalue weighted by Crippen LogP contribution is -2.59. The van der Waals surface area contributed by atoms with Crippen molar-refractivity contribution in [2.24, 2.45) is 5.92 Å². The molecule has 0 radical (unpaired) electrons. The number of hydrogen-bond donors (Lipinski definition) is 6. The molecular formula is C34H47N7O7. The van der Waals surface area contributed by atoms with Gasteiger partial charge in [0.25, 0.3) is 5.91 Å². The highest BCUT2D eigenvalue weighted by Crippen LogP contribution is 2.19. The summed E-state index contributed by atoms with van der Waals surface area (Å²) in [6.07, 6.45) is 0.528. The van der Waals surface area contributed by atoms with Crippen molar-refractivity contribution in [1.29, 1.82) is 0 Å². The molecular weight excluding hydrogens is 618 g/mol. The van der Waals surface area contributed by atoms with Gasteiger partial charge in [0.05, 0.1) is 17.8 Å². The number of rotatable bonds is 6. The van der Waals surface area contributed by atoms with Gasteiger partial charge in [-0.05, 0) is 50.7 Å². The number of carbonyl (C=O) groups is 7. The molecule has 6 amide bonds. The second-order valence-corrected chi connectivity index (χ2v) is 12.6. The van der Waals surface area contributed by atoms with E-state index in [0.717, 1.165) is 5.56 Å². The van der Waals surface area contributed by atoms with Gasteiger partial charge in [-0.2, -0.15) is 0 Å². The average molecular weight is 666 g/mol. The highest BCUT2D eigenvalue weighted by atomic mass is 16.2. The maximum atomic E-state index is 13.6. The van der Waals surface area contributed by atoms with Gasteiger partial charge < -0.3 is 36.5 Å². The second kappa shape index (κ2) is 16.7. The van der Waals surface area contributed by atoms with Crippen molar-refractivity contribution in [2.45, 2.75) is 85.0 Å². The van der Waals surface area contributed by atoms with Crippen LogP contribution in [0, 0.1) is 19.8 Å². The monoisotopic (exact) mass is 665 g/mol. The Morgan fingerprint density at radius 3 is 2.23 bits per heavy atom. The van der Waals surface area contributed by atoms with Gasteiger partial charge in [0.15, 0.2) is 5.78 Å². The van der Waals surface area contributed by atoms with Crippen LogP contribution in [0.4, 0.5) is 0 Å². The van der Waals surface area contributed by atoms with E-state index in [1.165, 1.54) is 25.8 Å². The molecule has 0 unspecified atom stereocenters. The van der Waals surface area contributed by atoms with Gasteiger partial charge in [-0.25, -0.2) is 0 Å². The Balaban J connectivity index is 1.88. The molecule has 1 saturated heterocycles. The van der Waals surface area contributed by atoms with Crippen LogP contribution in [0.3, 0.4) is 0 Å². The van der Waals surface area contributed by atoms with Crippen LogP contribution >= 0.6 is 0 Å². The Morgan fingerprint density at radius 2 is 1.62 bits per heavy atom. The first-order valence-electron chi connectivity index (χ1n) is 16.1. The number of nitrogens with one attached hydrogen (secondary N) is 6. The number of aryl methyl sites for hydroxylation is 1. The molecule has 48 heavy (non-hydrogen) atoms. The maximum Gasteiger partial charge on any atom is 0.254 e. The van der Waals surface area contributed by atoms with Crippen LogP contribution in [-0.2, 0) is 30.4 Å². The third-order valence-corrected chi connectivity index (χ3v) is 8.28. The highest BCUT2D eigenvalue weighted by molar-refractivity contribution is 6.04. The quantitative estimate of drug-likeness (QED) is 0.244. The standard InChI is InChI=1S/C34H47N7O7/c1-18(2)28-33(47)37-21(5)30(44)39-25(16-23-12-9-8-10-13-23)34(48)41(7)17-26(43)35-15-11-14-24(31(45)40-28)38-32(46)27-19(3)29(22(6)42)36-20(27)4/h8-10,12-13,18,21,24-25,28,36H,11,14-17H2,1-7H3,(H,35,43)(H,37,47)(H,38,46)(H,39,44)(H,40,45)/t21-,24+,25+,28-/m1/s1. The van der Waals surface area contributed by atoms with Crippen LogP contribution < -0.4 is 26.6 Å². The number of amides is 6. The number of ketones is 1. The molecule has 1 aromatic carbocycles. The molecule has 1 fully saturated rings. The van der Waals surface area contributed by atoms with E-state index in [1.54, 1.807) is 27.7 Å². The number of carbonyl (C=O) groups excluding carboxylic acids is 7. The van der Waals surface area contributed by atoms with E-state index in [0.29, 0.717) is 17.0 Å². The molecule has 4 atom stereocenters. The summed E-state index contributed by atoms with van der Waals surface area (Å²) in [7, 11) is 1.46. The predicted molar refractivity (Wildman–Crippen MR) is 178 cm³/mol. The van der Waals surface area contributed by atoms with Crippen molar-refractivity contribution in [1.82, 2.24) is 36.5 Å². The van der Waals surface area contributed by atoms with Crippen LogP contribution in [-0.4, -0.2) is 95.4 Å². The summed E-state index contributed by atoms with van der Waals surface area (Å²) in [5, 5.41) is 13.5. The molecule has 0 bridgehead atoms. The lowest BCUT2D eigenvalue weighted by Gasteiger charge is -2.28. The van der Waals surface area contributed by atoms with Gasteiger partial charge >= 0.3 is 0 Å². The molecule has 0 spiro atoms. The number of benzene rings is 1. The van der Waals surface area contributed by atoms with Gasteiger partial charge in [-0.15, -0.1) is 0 Å². The number of Topliss-reactive ketones (excluding diaryl/α,β-unsaturated/α-hetero) is 1. The third kappa shape index (κ3) is 9.75. The van der Waals surface area contributed by atoms with Gasteiger partial charge in [0, 0.05) is 32.6 Å². The fourth-order valence-corrected chi connectivity index (χ4v) is 5.60. The van der Waals surface area contributed by atoms with Gasteiger partial charge in [0.1, 0.15) is 24.2 Å². The zero-order valence-electron chi connectivity index (χ0n) is 28.6. The molecule has 2 heterocycles. The number of aromatic nitrogens is 1. The van der Waals surface area contributed by atoms with Crippen molar-refractivity contribution in [3.8, 4) is 0 Å². The van der Waals surface area contributed by atoms with Crippen LogP contribution in [0.15, 0.2) is 30.3 Å². The Hall–Kier alpha value is -5.01. The zero-order valence-corrected chi connectivity index (χ0v) is 28.6. The normalized spacial score (nSPS) is 22.2. The van der Waals surface area contributed by atoms with Crippen molar-refractivity contribution in [3.63, 3.8) is 0 Å². The number of likely N-dealkylation sites (N-methyl/N-ethyl adjacent to an activating group) is 1. The second-order valence-electron chi connectivity index (χ2n) is 12.6. The lowest BCUT2D eigenvalue weighted by atomic mass is 10.0. The minimum atomic E-state index is -1.11. The van der Waals surface area contributed by atoms with E-state index in [2.05, 4.69) is 31.6 Å². The fraction of sp³-hybridized carbons (Fsp3) is 0.500. The van der Waals surface area contributed by atoms with Crippen molar-refractivity contribution < 1.29 is 33.6 Å². The van der Waals surface area contributed by atoms with Gasteiger partial charge in [-0.1, -0.05) is 44.2 Å². The summed E-state index contributed by atoms with van der Waals surface area (Å²) in [5.41, 5.74) is 2.22. The molecule has 260 valence electrons.